The summed E-state index contributed by atoms with van der Waals surface area (Å²) in [5.41, 5.74) is 9.23. The standard InChI is InChI=1S/C27H32O2/c1-18-8-7-9-19(2)24(18)12-13-25(22-10-14-26(28-5)20(3)16-22)23-11-15-27(29-6)21(4)17-23/h7-11,14-17,25H,12-13H2,1-6H3. The van der Waals surface area contributed by atoms with Gasteiger partial charge in [0.1, 0.15) is 11.5 Å². The molecule has 0 amide bonds. The fourth-order valence-electron chi connectivity index (χ4n) is 4.29. The second-order valence-corrected chi connectivity index (χ2v) is 7.92. The molecule has 3 aromatic rings. The van der Waals surface area contributed by atoms with E-state index in [1.807, 2.05) is 0 Å². The average molecular weight is 389 g/mol. The Morgan fingerprint density at radius 1 is 0.655 bits per heavy atom. The van der Waals surface area contributed by atoms with Gasteiger partial charge in [-0.2, -0.15) is 0 Å². The van der Waals surface area contributed by atoms with E-state index >= 15 is 0 Å². The molecule has 2 heteroatoms. The van der Waals surface area contributed by atoms with E-state index in [2.05, 4.69) is 82.3 Å². The van der Waals surface area contributed by atoms with Crippen LogP contribution in [-0.4, -0.2) is 14.2 Å². The fraction of sp³-hybridized carbons (Fsp3) is 0.333. The van der Waals surface area contributed by atoms with Crippen molar-refractivity contribution in [3.8, 4) is 11.5 Å². The molecule has 0 atom stereocenters. The number of hydrogen-bond acceptors (Lipinski definition) is 2. The molecule has 0 saturated heterocycles. The zero-order valence-electron chi connectivity index (χ0n) is 18.5. The summed E-state index contributed by atoms with van der Waals surface area (Å²) in [6.45, 7) is 8.66. The summed E-state index contributed by atoms with van der Waals surface area (Å²) >= 11 is 0. The van der Waals surface area contributed by atoms with Crippen molar-refractivity contribution in [1.29, 1.82) is 0 Å². The molecule has 0 aliphatic heterocycles. The van der Waals surface area contributed by atoms with Crippen LogP contribution in [-0.2, 0) is 6.42 Å². The Morgan fingerprint density at radius 3 is 1.55 bits per heavy atom. The van der Waals surface area contributed by atoms with Gasteiger partial charge in [-0.15, -0.1) is 0 Å². The molecule has 29 heavy (non-hydrogen) atoms. The number of benzene rings is 3. The van der Waals surface area contributed by atoms with Gasteiger partial charge in [-0.1, -0.05) is 42.5 Å². The normalized spacial score (nSPS) is 11.0. The number of methoxy groups -OCH3 is 2. The van der Waals surface area contributed by atoms with Crippen LogP contribution in [0.1, 0.15) is 51.3 Å². The van der Waals surface area contributed by atoms with Gasteiger partial charge in [0.2, 0.25) is 0 Å². The van der Waals surface area contributed by atoms with Crippen molar-refractivity contribution in [2.75, 3.05) is 14.2 Å². The van der Waals surface area contributed by atoms with E-state index < -0.39 is 0 Å². The predicted molar refractivity (Wildman–Crippen MR) is 122 cm³/mol. The third-order valence-corrected chi connectivity index (χ3v) is 5.97. The van der Waals surface area contributed by atoms with Gasteiger partial charge < -0.3 is 9.47 Å². The van der Waals surface area contributed by atoms with E-state index in [-0.39, 0.29) is 0 Å². The van der Waals surface area contributed by atoms with Crippen molar-refractivity contribution in [3.63, 3.8) is 0 Å². The van der Waals surface area contributed by atoms with Crippen LogP contribution in [0.5, 0.6) is 11.5 Å². The van der Waals surface area contributed by atoms with Crippen LogP contribution in [0.2, 0.25) is 0 Å². The molecule has 0 heterocycles. The van der Waals surface area contributed by atoms with Crippen molar-refractivity contribution < 1.29 is 9.47 Å². The maximum Gasteiger partial charge on any atom is 0.121 e. The number of hydrogen-bond donors (Lipinski definition) is 0. The molecule has 0 fully saturated rings. The quantitative estimate of drug-likeness (QED) is 0.448. The lowest BCUT2D eigenvalue weighted by Gasteiger charge is -2.22. The average Bonchev–Trinajstić information content (AvgIpc) is 2.70. The minimum absolute atomic E-state index is 0.322. The monoisotopic (exact) mass is 388 g/mol. The molecule has 0 radical (unpaired) electrons. The molecule has 0 spiro atoms. The third kappa shape index (κ3) is 4.64. The lowest BCUT2D eigenvalue weighted by molar-refractivity contribution is 0.411. The first-order valence-electron chi connectivity index (χ1n) is 10.3. The SMILES string of the molecule is COc1ccc(C(CCc2c(C)cccc2C)c2ccc(OC)c(C)c2)cc1C. The van der Waals surface area contributed by atoms with Crippen molar-refractivity contribution in [1.82, 2.24) is 0 Å². The minimum Gasteiger partial charge on any atom is -0.496 e. The predicted octanol–water partition coefficient (Wildman–Crippen LogP) is 6.70. The van der Waals surface area contributed by atoms with Crippen molar-refractivity contribution >= 4 is 0 Å². The molecular weight excluding hydrogens is 356 g/mol. The Kier molecular flexibility index (Phi) is 6.64. The number of rotatable bonds is 7. The third-order valence-electron chi connectivity index (χ3n) is 5.97. The van der Waals surface area contributed by atoms with Crippen LogP contribution in [0, 0.1) is 27.7 Å². The second kappa shape index (κ2) is 9.17. The Labute approximate surface area is 175 Å². The van der Waals surface area contributed by atoms with Gasteiger partial charge in [0, 0.05) is 5.92 Å². The zero-order chi connectivity index (χ0) is 21.0. The molecule has 152 valence electrons. The molecule has 0 unspecified atom stereocenters. The maximum atomic E-state index is 5.48. The van der Waals surface area contributed by atoms with Crippen molar-refractivity contribution in [3.05, 3.63) is 93.5 Å². The van der Waals surface area contributed by atoms with E-state index in [9.17, 15) is 0 Å². The van der Waals surface area contributed by atoms with Crippen LogP contribution in [0.4, 0.5) is 0 Å². The van der Waals surface area contributed by atoms with Gasteiger partial charge in [0.25, 0.3) is 0 Å². The zero-order valence-corrected chi connectivity index (χ0v) is 18.5. The van der Waals surface area contributed by atoms with Gasteiger partial charge in [-0.05, 0) is 91.6 Å². The Hall–Kier alpha value is -2.74. The summed E-state index contributed by atoms with van der Waals surface area (Å²) in [6.07, 6.45) is 2.11. The number of aryl methyl sites for hydroxylation is 4. The molecule has 0 N–H and O–H groups in total. The smallest absolute Gasteiger partial charge is 0.121 e. The van der Waals surface area contributed by atoms with Crippen LogP contribution in [0.3, 0.4) is 0 Å². The second-order valence-electron chi connectivity index (χ2n) is 7.92. The maximum absolute atomic E-state index is 5.48. The van der Waals surface area contributed by atoms with Gasteiger partial charge >= 0.3 is 0 Å². The topological polar surface area (TPSA) is 18.5 Å². The summed E-state index contributed by atoms with van der Waals surface area (Å²) in [7, 11) is 3.46. The Bertz CT molecular complexity index is 914. The van der Waals surface area contributed by atoms with E-state index in [0.717, 1.165) is 24.3 Å². The molecule has 3 rings (SSSR count). The molecule has 0 aromatic heterocycles. The molecule has 2 nitrogen and oxygen atoms in total. The first kappa shape index (κ1) is 21.0. The Morgan fingerprint density at radius 2 is 1.14 bits per heavy atom. The van der Waals surface area contributed by atoms with E-state index in [0.29, 0.717) is 5.92 Å². The molecular formula is C27H32O2. The fourth-order valence-corrected chi connectivity index (χ4v) is 4.29. The van der Waals surface area contributed by atoms with Crippen LogP contribution < -0.4 is 9.47 Å². The highest BCUT2D eigenvalue weighted by molar-refractivity contribution is 5.45. The van der Waals surface area contributed by atoms with Crippen molar-refractivity contribution in [2.24, 2.45) is 0 Å². The first-order chi connectivity index (χ1) is 13.9. The van der Waals surface area contributed by atoms with Crippen LogP contribution in [0.15, 0.2) is 54.6 Å². The van der Waals surface area contributed by atoms with E-state index in [1.165, 1.54) is 38.9 Å². The molecule has 0 aliphatic carbocycles. The largest absolute Gasteiger partial charge is 0.496 e. The summed E-state index contributed by atoms with van der Waals surface area (Å²) in [6, 6.07) is 19.7. The van der Waals surface area contributed by atoms with Gasteiger partial charge in [-0.25, -0.2) is 0 Å². The summed E-state index contributed by atoms with van der Waals surface area (Å²) < 4.78 is 11.0. The minimum atomic E-state index is 0.322. The van der Waals surface area contributed by atoms with E-state index in [1.54, 1.807) is 14.2 Å². The lowest BCUT2D eigenvalue weighted by atomic mass is 9.84. The summed E-state index contributed by atoms with van der Waals surface area (Å²) in [4.78, 5) is 0. The molecule has 3 aromatic carbocycles. The lowest BCUT2D eigenvalue weighted by Crippen LogP contribution is -2.06. The summed E-state index contributed by atoms with van der Waals surface area (Å²) in [5, 5.41) is 0. The van der Waals surface area contributed by atoms with Gasteiger partial charge in [0.15, 0.2) is 0 Å². The highest BCUT2D eigenvalue weighted by Gasteiger charge is 2.18. The molecule has 0 saturated carbocycles. The molecule has 0 bridgehead atoms. The number of ether oxygens (including phenoxy) is 2. The van der Waals surface area contributed by atoms with Crippen molar-refractivity contribution in [2.45, 2.75) is 46.5 Å². The van der Waals surface area contributed by atoms with Crippen LogP contribution >= 0.6 is 0 Å². The van der Waals surface area contributed by atoms with E-state index in [4.69, 9.17) is 9.47 Å². The first-order valence-corrected chi connectivity index (χ1v) is 10.3. The van der Waals surface area contributed by atoms with Gasteiger partial charge in [-0.3, -0.25) is 0 Å². The Balaban J connectivity index is 1.99. The van der Waals surface area contributed by atoms with Gasteiger partial charge in [0.05, 0.1) is 14.2 Å². The van der Waals surface area contributed by atoms with Crippen LogP contribution in [0.25, 0.3) is 0 Å². The highest BCUT2D eigenvalue weighted by Crippen LogP contribution is 2.35. The highest BCUT2D eigenvalue weighted by atomic mass is 16.5. The summed E-state index contributed by atoms with van der Waals surface area (Å²) in [5.74, 6) is 2.20. The molecule has 0 aliphatic rings.